The molecule has 0 unspecified atom stereocenters. The summed E-state index contributed by atoms with van der Waals surface area (Å²) in [5.41, 5.74) is -0.151. The van der Waals surface area contributed by atoms with Gasteiger partial charge in [0.25, 0.3) is 5.91 Å². The maximum absolute atomic E-state index is 14.2. The van der Waals surface area contributed by atoms with E-state index < -0.39 is 72.6 Å². The molecule has 0 bridgehead atoms. The van der Waals surface area contributed by atoms with Crippen LogP contribution in [0.5, 0.6) is 0 Å². The molecule has 1 amide bonds. The van der Waals surface area contributed by atoms with Crippen LogP contribution in [0, 0.1) is 17.5 Å². The minimum absolute atomic E-state index is 0.0415. The van der Waals surface area contributed by atoms with Gasteiger partial charge in [-0.1, -0.05) is 24.1 Å². The van der Waals surface area contributed by atoms with E-state index in [1.54, 1.807) is 18.2 Å². The van der Waals surface area contributed by atoms with E-state index in [0.29, 0.717) is 12.8 Å². The molecule has 220 valence electrons. The van der Waals surface area contributed by atoms with Gasteiger partial charge in [-0.05, 0) is 37.1 Å². The first-order valence-electron chi connectivity index (χ1n) is 13.2. The highest BCUT2D eigenvalue weighted by Crippen LogP contribution is 2.36. The Morgan fingerprint density at radius 3 is 2.54 bits per heavy atom. The normalized spacial score (nSPS) is 28.4. The molecule has 3 heterocycles. The van der Waals surface area contributed by atoms with Crippen molar-refractivity contribution in [3.8, 4) is 11.3 Å². The van der Waals surface area contributed by atoms with Crippen LogP contribution < -0.4 is 4.90 Å². The largest absolute Gasteiger partial charge is 0.394 e. The average Bonchev–Trinajstić information content (AvgIpc) is 3.47. The summed E-state index contributed by atoms with van der Waals surface area (Å²) in [7, 11) is 1.30. The first kappa shape index (κ1) is 29.1. The van der Waals surface area contributed by atoms with Crippen molar-refractivity contribution in [2.45, 2.75) is 68.3 Å². The summed E-state index contributed by atoms with van der Waals surface area (Å²) in [6.45, 7) is -0.663. The maximum Gasteiger partial charge on any atom is 0.260 e. The van der Waals surface area contributed by atoms with E-state index in [9.17, 15) is 33.3 Å². The number of benzene rings is 1. The van der Waals surface area contributed by atoms with Crippen LogP contribution in [0.2, 0.25) is 0 Å². The highest BCUT2D eigenvalue weighted by atomic mass is 19.2. The minimum atomic E-state index is -1.63. The predicted octanol–water partition coefficient (Wildman–Crippen LogP) is 1.77. The van der Waals surface area contributed by atoms with E-state index in [1.165, 1.54) is 24.4 Å². The molecule has 2 aliphatic rings. The van der Waals surface area contributed by atoms with Gasteiger partial charge in [0.05, 0.1) is 24.9 Å². The third-order valence-electron chi connectivity index (χ3n) is 7.64. The number of rotatable bonds is 7. The number of nitrogens with zero attached hydrogens (tertiary/aromatic N) is 5. The minimum Gasteiger partial charge on any atom is -0.394 e. The molecule has 11 nitrogen and oxygen atoms in total. The van der Waals surface area contributed by atoms with E-state index in [-0.39, 0.29) is 17.1 Å². The van der Waals surface area contributed by atoms with Gasteiger partial charge >= 0.3 is 0 Å². The lowest BCUT2D eigenvalue weighted by Gasteiger charge is -2.45. The summed E-state index contributed by atoms with van der Waals surface area (Å²) >= 11 is 0. The van der Waals surface area contributed by atoms with Gasteiger partial charge in [-0.3, -0.25) is 9.69 Å². The Hall–Kier alpha value is -3.43. The van der Waals surface area contributed by atoms with Crippen molar-refractivity contribution < 1.29 is 42.8 Å². The van der Waals surface area contributed by atoms with E-state index in [1.807, 2.05) is 0 Å². The Morgan fingerprint density at radius 1 is 1.17 bits per heavy atom. The maximum atomic E-state index is 14.2. The van der Waals surface area contributed by atoms with Gasteiger partial charge in [0.1, 0.15) is 35.9 Å². The van der Waals surface area contributed by atoms with E-state index in [0.717, 1.165) is 29.7 Å². The number of methoxy groups -OCH3 is 1. The Kier molecular flexibility index (Phi) is 8.66. The Bertz CT molecular complexity index is 1340. The second-order valence-electron chi connectivity index (χ2n) is 10.1. The van der Waals surface area contributed by atoms with Crippen LogP contribution >= 0.6 is 0 Å². The summed E-state index contributed by atoms with van der Waals surface area (Å²) in [5, 5.41) is 39.9. The molecule has 3 N–H and O–H groups in total. The van der Waals surface area contributed by atoms with Gasteiger partial charge in [0.2, 0.25) is 0 Å². The number of hydrogen-bond donors (Lipinski definition) is 3. The summed E-state index contributed by atoms with van der Waals surface area (Å²) in [5.74, 6) is -4.79. The van der Waals surface area contributed by atoms with Crippen molar-refractivity contribution in [2.75, 3.05) is 18.6 Å². The van der Waals surface area contributed by atoms with Crippen molar-refractivity contribution in [2.24, 2.45) is 0 Å². The molecular weight excluding hydrogens is 547 g/mol. The fourth-order valence-corrected chi connectivity index (χ4v) is 5.59. The zero-order valence-electron chi connectivity index (χ0n) is 22.1. The van der Waals surface area contributed by atoms with Crippen molar-refractivity contribution in [1.29, 1.82) is 0 Å². The molecule has 5 rings (SSSR count). The molecule has 1 aliphatic heterocycles. The second kappa shape index (κ2) is 12.2. The van der Waals surface area contributed by atoms with Gasteiger partial charge in [0.15, 0.2) is 23.6 Å². The van der Waals surface area contributed by atoms with E-state index >= 15 is 0 Å². The highest BCUT2D eigenvalue weighted by Gasteiger charge is 2.52. The number of hydrogen-bond acceptors (Lipinski definition) is 9. The Morgan fingerprint density at radius 2 is 1.90 bits per heavy atom. The number of carbonyl (C=O) groups excluding carboxylic acids is 1. The predicted molar refractivity (Wildman–Crippen MR) is 137 cm³/mol. The van der Waals surface area contributed by atoms with Crippen LogP contribution in [0.4, 0.5) is 19.0 Å². The van der Waals surface area contributed by atoms with Gasteiger partial charge in [-0.25, -0.2) is 22.8 Å². The molecule has 1 aliphatic carbocycles. The summed E-state index contributed by atoms with van der Waals surface area (Å²) in [4.78, 5) is 19.9. The van der Waals surface area contributed by atoms with E-state index in [2.05, 4.69) is 15.3 Å². The van der Waals surface area contributed by atoms with Crippen LogP contribution in [0.25, 0.3) is 11.3 Å². The molecule has 0 radical (unpaired) electrons. The Labute approximate surface area is 233 Å². The zero-order valence-corrected chi connectivity index (χ0v) is 22.1. The van der Waals surface area contributed by atoms with E-state index in [4.69, 9.17) is 9.47 Å². The smallest absolute Gasteiger partial charge is 0.260 e. The lowest BCUT2D eigenvalue weighted by atomic mass is 9.88. The van der Waals surface area contributed by atoms with Crippen molar-refractivity contribution in [1.82, 2.24) is 20.0 Å². The number of aromatic nitrogens is 4. The molecule has 14 heteroatoms. The average molecular weight is 578 g/mol. The van der Waals surface area contributed by atoms with Crippen molar-refractivity contribution in [3.63, 3.8) is 0 Å². The first-order valence-corrected chi connectivity index (χ1v) is 13.2. The topological polar surface area (TPSA) is 143 Å². The monoisotopic (exact) mass is 577 g/mol. The van der Waals surface area contributed by atoms with Crippen molar-refractivity contribution in [3.05, 3.63) is 60.2 Å². The number of carbonyl (C=O) groups is 1. The number of pyridine rings is 1. The molecule has 7 atom stereocenters. The first-order chi connectivity index (χ1) is 19.7. The quantitative estimate of drug-likeness (QED) is 0.358. The fraction of sp³-hybridized carbons (Fsp3) is 0.481. The molecule has 2 aromatic heterocycles. The zero-order chi connectivity index (χ0) is 29.3. The summed E-state index contributed by atoms with van der Waals surface area (Å²) in [6.07, 6.45) is -0.735. The SMILES string of the molecule is CO[C@@H]1[C@@H](n2cc(-c3cc(F)c(F)c(F)c3)nn2)[C@@H](O)[C@@H](CO)O[C@H]1C(=O)N(c1ccccn1)[C@H]1CCCC[C@@H]1O. The summed E-state index contributed by atoms with van der Waals surface area (Å²) < 4.78 is 53.9. The molecule has 2 fully saturated rings. The lowest BCUT2D eigenvalue weighted by molar-refractivity contribution is -0.211. The third-order valence-corrected chi connectivity index (χ3v) is 7.64. The molecule has 41 heavy (non-hydrogen) atoms. The van der Waals surface area contributed by atoms with Crippen LogP contribution in [0.1, 0.15) is 31.7 Å². The number of halogens is 3. The van der Waals surface area contributed by atoms with Crippen LogP contribution in [-0.2, 0) is 14.3 Å². The molecule has 1 saturated carbocycles. The molecular formula is C27H30F3N5O6. The standard InChI is InChI=1S/C27H30F3N5O6/c1-40-25-23(34-12-17(32-33-34)14-10-15(28)22(30)16(29)11-14)24(38)20(13-36)41-26(25)27(39)35(21-8-4-5-9-31-21)18-6-2-3-7-19(18)37/h4-5,8-12,18-20,23-26,36-38H,2-3,6-7,13H2,1H3/t18-,19-,20+,23-,24-,25+,26+/m0/s1. The second-order valence-corrected chi connectivity index (χ2v) is 10.1. The van der Waals surface area contributed by atoms with Gasteiger partial charge in [-0.2, -0.15) is 0 Å². The molecule has 1 saturated heterocycles. The van der Waals surface area contributed by atoms with Crippen molar-refractivity contribution >= 4 is 11.7 Å². The number of aliphatic hydroxyl groups excluding tert-OH is 3. The number of amides is 1. The van der Waals surface area contributed by atoms with Gasteiger partial charge in [0, 0.05) is 18.9 Å². The highest BCUT2D eigenvalue weighted by molar-refractivity contribution is 5.97. The number of aliphatic hydroxyl groups is 3. The number of ether oxygens (including phenoxy) is 2. The number of anilines is 1. The van der Waals surface area contributed by atoms with Crippen LogP contribution in [-0.4, -0.2) is 91.5 Å². The van der Waals surface area contributed by atoms with Gasteiger partial charge < -0.3 is 24.8 Å². The third kappa shape index (κ3) is 5.57. The van der Waals surface area contributed by atoms with Crippen LogP contribution in [0.3, 0.4) is 0 Å². The van der Waals surface area contributed by atoms with Gasteiger partial charge in [-0.15, -0.1) is 5.10 Å². The van der Waals surface area contributed by atoms with Crippen LogP contribution in [0.15, 0.2) is 42.7 Å². The molecule has 0 spiro atoms. The fourth-order valence-electron chi connectivity index (χ4n) is 5.59. The Balaban J connectivity index is 1.52. The summed E-state index contributed by atoms with van der Waals surface area (Å²) in [6, 6.07) is 4.77. The molecule has 3 aromatic rings. The molecule has 1 aromatic carbocycles. The lowest BCUT2D eigenvalue weighted by Crippen LogP contribution is -2.63.